The minimum atomic E-state index is -3.47. The van der Waals surface area contributed by atoms with Crippen molar-refractivity contribution in [3.05, 3.63) is 0 Å². The average molecular weight is 580 g/mol. The van der Waals surface area contributed by atoms with Gasteiger partial charge in [0.1, 0.15) is 11.5 Å². The molecule has 0 spiro atoms. The molecule has 230 valence electrons. The van der Waals surface area contributed by atoms with Gasteiger partial charge in [0.15, 0.2) is 0 Å². The maximum absolute atomic E-state index is 12.7. The second-order valence-electron chi connectivity index (χ2n) is 15.2. The maximum Gasteiger partial charge on any atom is 0.221 e. The van der Waals surface area contributed by atoms with Crippen LogP contribution in [0, 0.1) is 52.3 Å². The zero-order valence-electron chi connectivity index (χ0n) is 25.7. The van der Waals surface area contributed by atoms with Crippen molar-refractivity contribution in [2.75, 3.05) is 18.8 Å². The minimum Gasteiger partial charge on any atom is -0.393 e. The molecule has 0 unspecified atom stereocenters. The summed E-state index contributed by atoms with van der Waals surface area (Å²) in [5, 5.41) is 22.4. The van der Waals surface area contributed by atoms with Crippen LogP contribution in [0.25, 0.3) is 0 Å². The highest BCUT2D eigenvalue weighted by atomic mass is 32.2. The van der Waals surface area contributed by atoms with E-state index in [0.29, 0.717) is 55.0 Å². The van der Waals surface area contributed by atoms with E-state index in [9.17, 15) is 23.4 Å². The first-order valence-electron chi connectivity index (χ1n) is 16.8. The van der Waals surface area contributed by atoms with Gasteiger partial charge in [0.05, 0.1) is 12.2 Å². The molecule has 0 aromatic carbocycles. The zero-order valence-corrected chi connectivity index (χ0v) is 26.5. The second-order valence-corrected chi connectivity index (χ2v) is 17.2. The number of aliphatic hydroxyl groups excluding tert-OH is 2. The average Bonchev–Trinajstić information content (AvgIpc) is 3.27. The Bertz CT molecular complexity index is 1010. The lowest BCUT2D eigenvalue weighted by Gasteiger charge is -2.64. The van der Waals surface area contributed by atoms with Crippen LogP contribution in [0.4, 0.5) is 0 Å². The lowest BCUT2D eigenvalue weighted by Crippen LogP contribution is -2.62. The molecule has 0 bridgehead atoms. The van der Waals surface area contributed by atoms with E-state index >= 15 is 0 Å². The predicted molar refractivity (Wildman–Crippen MR) is 159 cm³/mol. The fourth-order valence-electron chi connectivity index (χ4n) is 11.3. The molecule has 5 fully saturated rings. The Kier molecular flexibility index (Phi) is 9.19. The predicted octanol–water partition coefficient (Wildman–Crippen LogP) is 5.80. The molecular formula is C33H57NO5S. The van der Waals surface area contributed by atoms with Gasteiger partial charge in [-0.15, -0.1) is 0 Å². The summed E-state index contributed by atoms with van der Waals surface area (Å²) in [6.07, 6.45) is 13.1. The van der Waals surface area contributed by atoms with Crippen LogP contribution in [-0.4, -0.2) is 59.8 Å². The Morgan fingerprint density at radius 1 is 0.950 bits per heavy atom. The van der Waals surface area contributed by atoms with Gasteiger partial charge in [0, 0.05) is 19.5 Å². The van der Waals surface area contributed by atoms with Crippen LogP contribution >= 0.6 is 0 Å². The largest absolute Gasteiger partial charge is 0.393 e. The number of Topliss-reactive ketones (excluding diaryl/α,β-unsaturated/α-hetero) is 1. The fourth-order valence-corrected chi connectivity index (χ4v) is 12.8. The van der Waals surface area contributed by atoms with Gasteiger partial charge in [-0.1, -0.05) is 47.0 Å². The molecular weight excluding hydrogens is 522 g/mol. The van der Waals surface area contributed by atoms with Gasteiger partial charge in [0.25, 0.3) is 0 Å². The topological polar surface area (TPSA) is 94.9 Å². The molecule has 5 rings (SSSR count). The van der Waals surface area contributed by atoms with Gasteiger partial charge in [-0.25, -0.2) is 12.7 Å². The van der Waals surface area contributed by atoms with Crippen LogP contribution in [0.2, 0.25) is 0 Å². The molecule has 0 amide bonds. The molecule has 0 aromatic rings. The summed E-state index contributed by atoms with van der Waals surface area (Å²) in [6, 6.07) is 0. The monoisotopic (exact) mass is 579 g/mol. The first-order chi connectivity index (χ1) is 18.9. The van der Waals surface area contributed by atoms with Crippen molar-refractivity contribution in [2.24, 2.45) is 52.3 Å². The number of carbonyl (C=O) groups excluding carboxylic acids is 1. The van der Waals surface area contributed by atoms with E-state index in [1.54, 1.807) is 0 Å². The van der Waals surface area contributed by atoms with Gasteiger partial charge < -0.3 is 10.2 Å². The Morgan fingerprint density at radius 2 is 1.62 bits per heavy atom. The second kappa shape index (κ2) is 11.9. The number of fused-ring (bicyclic) bond motifs is 5. The quantitative estimate of drug-likeness (QED) is 0.360. The molecule has 1 aliphatic heterocycles. The number of piperidine rings is 1. The zero-order chi connectivity index (χ0) is 28.9. The molecule has 11 atom stereocenters. The van der Waals surface area contributed by atoms with Crippen molar-refractivity contribution in [3.8, 4) is 0 Å². The van der Waals surface area contributed by atoms with Gasteiger partial charge in [-0.2, -0.15) is 0 Å². The van der Waals surface area contributed by atoms with Crippen molar-refractivity contribution in [2.45, 2.75) is 130 Å². The van der Waals surface area contributed by atoms with Crippen LogP contribution in [-0.2, 0) is 14.8 Å². The molecule has 4 saturated carbocycles. The van der Waals surface area contributed by atoms with Crippen molar-refractivity contribution < 1.29 is 23.4 Å². The number of hydrogen-bond acceptors (Lipinski definition) is 5. The summed E-state index contributed by atoms with van der Waals surface area (Å²) < 4.78 is 26.9. The standard InChI is InChI=1S/C33H57NO5S/c1-5-25-29-20-23(35)14-16-33(29,4)28-15-17-32(3)26(12-13-27(32)30(28)31(25)37)22(2)10-9-11-24(36)21-40(38,39)34-18-7-6-8-19-34/h22-23,25-31,35,37H,5-21H2,1-4H3/t22-,23-,25-,26-,27+,28+,29+,30+,31-,32-,33-/m1/s1. The number of sulfonamides is 1. The molecule has 2 N–H and O–H groups in total. The van der Waals surface area contributed by atoms with Crippen LogP contribution in [0.1, 0.15) is 118 Å². The number of carbonyl (C=O) groups is 1. The number of ketones is 1. The fraction of sp³-hybridized carbons (Fsp3) is 0.970. The summed E-state index contributed by atoms with van der Waals surface area (Å²) in [7, 11) is -3.47. The maximum atomic E-state index is 12.7. The SMILES string of the molecule is CC[C@H]1[C@@H](O)[C@@H]2[C@H](CC[C@]3(C)[C@@H]([C@H](C)CCCC(=O)CS(=O)(=O)N4CCCCC4)CC[C@@H]23)[C@@]2(C)CC[C@@H](O)C[C@@H]12. The summed E-state index contributed by atoms with van der Waals surface area (Å²) in [5.74, 6) is 2.79. The number of rotatable bonds is 9. The summed E-state index contributed by atoms with van der Waals surface area (Å²) in [6.45, 7) is 10.7. The van der Waals surface area contributed by atoms with E-state index in [4.69, 9.17) is 0 Å². The Hall–Kier alpha value is -0.500. The van der Waals surface area contributed by atoms with Crippen molar-refractivity contribution in [1.82, 2.24) is 4.31 Å². The van der Waals surface area contributed by atoms with E-state index in [2.05, 4.69) is 27.7 Å². The molecule has 7 heteroatoms. The number of hydrogen-bond donors (Lipinski definition) is 2. The minimum absolute atomic E-state index is 0.134. The van der Waals surface area contributed by atoms with E-state index < -0.39 is 10.0 Å². The highest BCUT2D eigenvalue weighted by Crippen LogP contribution is 2.69. The van der Waals surface area contributed by atoms with Gasteiger partial charge in [0.2, 0.25) is 10.0 Å². The normalized spacial score (nSPS) is 44.9. The Labute approximate surface area is 244 Å². The number of nitrogens with zero attached hydrogens (tertiary/aromatic N) is 1. The first kappa shape index (κ1) is 30.9. The third kappa shape index (κ3) is 5.48. The van der Waals surface area contributed by atoms with Gasteiger partial charge in [-0.05, 0) is 116 Å². The first-order valence-corrected chi connectivity index (χ1v) is 18.4. The van der Waals surface area contributed by atoms with Crippen LogP contribution in [0.3, 0.4) is 0 Å². The lowest BCUT2D eigenvalue weighted by atomic mass is 9.41. The van der Waals surface area contributed by atoms with E-state index in [-0.39, 0.29) is 40.5 Å². The smallest absolute Gasteiger partial charge is 0.221 e. The van der Waals surface area contributed by atoms with Crippen molar-refractivity contribution in [1.29, 1.82) is 0 Å². The van der Waals surface area contributed by atoms with E-state index in [1.807, 2.05) is 0 Å². The Balaban J connectivity index is 1.21. The van der Waals surface area contributed by atoms with Gasteiger partial charge >= 0.3 is 0 Å². The summed E-state index contributed by atoms with van der Waals surface area (Å²) in [4.78, 5) is 12.7. The molecule has 6 nitrogen and oxygen atoms in total. The van der Waals surface area contributed by atoms with Gasteiger partial charge in [-0.3, -0.25) is 4.79 Å². The molecule has 0 aromatic heterocycles. The highest BCUT2D eigenvalue weighted by molar-refractivity contribution is 7.89. The molecule has 1 heterocycles. The van der Waals surface area contributed by atoms with Crippen molar-refractivity contribution in [3.63, 3.8) is 0 Å². The molecule has 1 saturated heterocycles. The highest BCUT2D eigenvalue weighted by Gasteiger charge is 2.64. The molecule has 5 aliphatic rings. The van der Waals surface area contributed by atoms with Crippen LogP contribution in [0.15, 0.2) is 0 Å². The summed E-state index contributed by atoms with van der Waals surface area (Å²) in [5.41, 5.74) is 0.447. The molecule has 0 radical (unpaired) electrons. The van der Waals surface area contributed by atoms with Crippen LogP contribution in [0.5, 0.6) is 0 Å². The van der Waals surface area contributed by atoms with E-state index in [1.165, 1.54) is 30.0 Å². The molecule has 4 aliphatic carbocycles. The lowest BCUT2D eigenvalue weighted by molar-refractivity contribution is -0.203. The van der Waals surface area contributed by atoms with Crippen LogP contribution < -0.4 is 0 Å². The number of aliphatic hydroxyl groups is 2. The Morgan fingerprint density at radius 3 is 2.33 bits per heavy atom. The van der Waals surface area contributed by atoms with E-state index in [0.717, 1.165) is 57.8 Å². The van der Waals surface area contributed by atoms with Crippen molar-refractivity contribution >= 4 is 15.8 Å². The summed E-state index contributed by atoms with van der Waals surface area (Å²) >= 11 is 0. The molecule has 40 heavy (non-hydrogen) atoms. The third-order valence-corrected chi connectivity index (χ3v) is 15.2. The third-order valence-electron chi connectivity index (χ3n) is 13.3.